The number of rotatable bonds is 3. The number of anilines is 1. The molecule has 4 rings (SSSR count). The first kappa shape index (κ1) is 13.5. The minimum atomic E-state index is -0.259. The van der Waals surface area contributed by atoms with Gasteiger partial charge in [-0.2, -0.15) is 24.8 Å². The second kappa shape index (κ2) is 5.58. The first-order valence-corrected chi connectivity index (χ1v) is 7.58. The fourth-order valence-electron chi connectivity index (χ4n) is 2.13. The molecule has 0 aliphatic heterocycles. The Bertz CT molecular complexity index is 978. The summed E-state index contributed by atoms with van der Waals surface area (Å²) in [5, 5.41) is 13.7. The molecule has 0 atom stereocenters. The van der Waals surface area contributed by atoms with Gasteiger partial charge in [0.15, 0.2) is 5.82 Å². The second-order valence-corrected chi connectivity index (χ2v) is 5.52. The van der Waals surface area contributed by atoms with Gasteiger partial charge in [0.25, 0.3) is 5.91 Å². The lowest BCUT2D eigenvalue weighted by atomic mass is 10.2. The monoisotopic (exact) mass is 322 g/mol. The standard InChI is InChI=1S/C15H10N6OS/c22-14(10-6-7-11-12(8-10)19-21-18-11)17-15-16-13(20-23-15)9-4-2-1-3-5-9/h1-8H,(H,18,19,21)(H,16,17,20,22). The van der Waals surface area contributed by atoms with Gasteiger partial charge in [-0.25, -0.2) is 0 Å². The summed E-state index contributed by atoms with van der Waals surface area (Å²) in [6.07, 6.45) is 0. The predicted octanol–water partition coefficient (Wildman–Crippen LogP) is 2.73. The molecule has 0 aliphatic carbocycles. The summed E-state index contributed by atoms with van der Waals surface area (Å²) >= 11 is 1.15. The molecule has 2 heterocycles. The largest absolute Gasteiger partial charge is 0.297 e. The van der Waals surface area contributed by atoms with Crippen molar-refractivity contribution in [2.24, 2.45) is 0 Å². The number of fused-ring (bicyclic) bond motifs is 1. The minimum absolute atomic E-state index is 0.259. The van der Waals surface area contributed by atoms with Gasteiger partial charge in [-0.3, -0.25) is 10.1 Å². The van der Waals surface area contributed by atoms with Crippen LogP contribution < -0.4 is 5.32 Å². The summed E-state index contributed by atoms with van der Waals surface area (Å²) in [5.41, 5.74) is 2.75. The Morgan fingerprint density at radius 1 is 1.04 bits per heavy atom. The van der Waals surface area contributed by atoms with Crippen LogP contribution in [0.1, 0.15) is 10.4 Å². The molecule has 0 unspecified atom stereocenters. The van der Waals surface area contributed by atoms with Crippen LogP contribution in [-0.4, -0.2) is 30.7 Å². The van der Waals surface area contributed by atoms with Crippen molar-refractivity contribution in [3.8, 4) is 11.4 Å². The predicted molar refractivity (Wildman–Crippen MR) is 87.2 cm³/mol. The maximum atomic E-state index is 12.3. The van der Waals surface area contributed by atoms with E-state index in [1.807, 2.05) is 30.3 Å². The molecule has 1 amide bonds. The number of aromatic nitrogens is 5. The number of hydrogen-bond donors (Lipinski definition) is 2. The second-order valence-electron chi connectivity index (χ2n) is 4.77. The first-order chi connectivity index (χ1) is 11.3. The summed E-state index contributed by atoms with van der Waals surface area (Å²) in [4.78, 5) is 16.6. The van der Waals surface area contributed by atoms with Crippen LogP contribution in [-0.2, 0) is 0 Å². The third-order valence-electron chi connectivity index (χ3n) is 3.26. The minimum Gasteiger partial charge on any atom is -0.297 e. The summed E-state index contributed by atoms with van der Waals surface area (Å²) in [7, 11) is 0. The zero-order valence-corrected chi connectivity index (χ0v) is 12.5. The van der Waals surface area contributed by atoms with E-state index in [4.69, 9.17) is 0 Å². The molecular weight excluding hydrogens is 312 g/mol. The molecule has 0 aliphatic rings. The van der Waals surface area contributed by atoms with Gasteiger partial charge in [0, 0.05) is 22.7 Å². The molecule has 0 spiro atoms. The van der Waals surface area contributed by atoms with Crippen molar-refractivity contribution in [1.29, 1.82) is 0 Å². The van der Waals surface area contributed by atoms with Crippen molar-refractivity contribution in [3.63, 3.8) is 0 Å². The van der Waals surface area contributed by atoms with Crippen LogP contribution in [0.2, 0.25) is 0 Å². The molecule has 4 aromatic rings. The van der Waals surface area contributed by atoms with E-state index in [0.29, 0.717) is 27.6 Å². The van der Waals surface area contributed by atoms with E-state index < -0.39 is 0 Å². The normalized spacial score (nSPS) is 10.8. The van der Waals surface area contributed by atoms with Crippen LogP contribution in [0, 0.1) is 0 Å². The van der Waals surface area contributed by atoms with Gasteiger partial charge in [0.1, 0.15) is 11.0 Å². The number of carbonyl (C=O) groups is 1. The van der Waals surface area contributed by atoms with Crippen molar-refractivity contribution >= 4 is 33.6 Å². The average molecular weight is 322 g/mol. The molecule has 2 N–H and O–H groups in total. The average Bonchev–Trinajstić information content (AvgIpc) is 3.24. The molecule has 0 radical (unpaired) electrons. The molecule has 0 bridgehead atoms. The zero-order chi connectivity index (χ0) is 15.6. The van der Waals surface area contributed by atoms with Crippen molar-refractivity contribution in [2.75, 3.05) is 5.32 Å². The summed E-state index contributed by atoms with van der Waals surface area (Å²) < 4.78 is 4.26. The van der Waals surface area contributed by atoms with Crippen LogP contribution >= 0.6 is 11.5 Å². The number of carbonyl (C=O) groups excluding carboxylic acids is 1. The van der Waals surface area contributed by atoms with E-state index in [1.54, 1.807) is 18.2 Å². The van der Waals surface area contributed by atoms with Gasteiger partial charge in [0.2, 0.25) is 5.13 Å². The van der Waals surface area contributed by atoms with Crippen LogP contribution in [0.5, 0.6) is 0 Å². The Balaban J connectivity index is 1.55. The van der Waals surface area contributed by atoms with Crippen molar-refractivity contribution in [1.82, 2.24) is 24.8 Å². The Labute approximate surface area is 134 Å². The van der Waals surface area contributed by atoms with Crippen molar-refractivity contribution < 1.29 is 4.79 Å². The van der Waals surface area contributed by atoms with Gasteiger partial charge < -0.3 is 0 Å². The Kier molecular flexibility index (Phi) is 3.28. The van der Waals surface area contributed by atoms with Crippen LogP contribution in [0.3, 0.4) is 0 Å². The number of nitrogens with zero attached hydrogens (tertiary/aromatic N) is 4. The highest BCUT2D eigenvalue weighted by molar-refractivity contribution is 7.10. The number of H-pyrrole nitrogens is 1. The lowest BCUT2D eigenvalue weighted by Gasteiger charge is -2.00. The first-order valence-electron chi connectivity index (χ1n) is 6.80. The summed E-state index contributed by atoms with van der Waals surface area (Å²) in [6, 6.07) is 14.7. The molecule has 2 aromatic carbocycles. The third-order valence-corrected chi connectivity index (χ3v) is 3.89. The van der Waals surface area contributed by atoms with Gasteiger partial charge in [-0.05, 0) is 18.2 Å². The fraction of sp³-hybridized carbons (Fsp3) is 0. The summed E-state index contributed by atoms with van der Waals surface area (Å²) in [5.74, 6) is 0.337. The van der Waals surface area contributed by atoms with E-state index in [-0.39, 0.29) is 5.91 Å². The molecule has 0 fully saturated rings. The van der Waals surface area contributed by atoms with E-state index in [9.17, 15) is 4.79 Å². The number of nitrogens with one attached hydrogen (secondary N) is 2. The van der Waals surface area contributed by atoms with Gasteiger partial charge in [-0.1, -0.05) is 30.3 Å². The molecule has 23 heavy (non-hydrogen) atoms. The van der Waals surface area contributed by atoms with E-state index >= 15 is 0 Å². The van der Waals surface area contributed by atoms with E-state index in [1.165, 1.54) is 0 Å². The van der Waals surface area contributed by atoms with E-state index in [0.717, 1.165) is 17.1 Å². The topological polar surface area (TPSA) is 96.5 Å². The molecule has 112 valence electrons. The smallest absolute Gasteiger partial charge is 0.257 e. The number of benzene rings is 2. The molecule has 2 aromatic heterocycles. The lowest BCUT2D eigenvalue weighted by molar-refractivity contribution is 0.102. The van der Waals surface area contributed by atoms with Crippen LogP contribution in [0.25, 0.3) is 22.4 Å². The molecule has 7 nitrogen and oxygen atoms in total. The molecule has 0 saturated heterocycles. The number of aromatic amines is 1. The molecule has 8 heteroatoms. The highest BCUT2D eigenvalue weighted by atomic mass is 32.1. The SMILES string of the molecule is O=C(Nc1nc(-c2ccccc2)ns1)c1ccc2n[nH]nc2c1. The van der Waals surface area contributed by atoms with Crippen LogP contribution in [0.4, 0.5) is 5.13 Å². The van der Waals surface area contributed by atoms with Gasteiger partial charge in [-0.15, -0.1) is 0 Å². The van der Waals surface area contributed by atoms with Gasteiger partial charge in [0.05, 0.1) is 0 Å². The highest BCUT2D eigenvalue weighted by Crippen LogP contribution is 2.21. The van der Waals surface area contributed by atoms with E-state index in [2.05, 4.69) is 30.1 Å². The Hall–Kier alpha value is -3.13. The van der Waals surface area contributed by atoms with Crippen molar-refractivity contribution in [3.05, 3.63) is 54.1 Å². The van der Waals surface area contributed by atoms with Gasteiger partial charge >= 0.3 is 0 Å². The van der Waals surface area contributed by atoms with Crippen LogP contribution in [0.15, 0.2) is 48.5 Å². The maximum absolute atomic E-state index is 12.3. The summed E-state index contributed by atoms with van der Waals surface area (Å²) in [6.45, 7) is 0. The van der Waals surface area contributed by atoms with Crippen molar-refractivity contribution in [2.45, 2.75) is 0 Å². The third kappa shape index (κ3) is 2.67. The molecular formula is C15H10N6OS. The maximum Gasteiger partial charge on any atom is 0.257 e. The Morgan fingerprint density at radius 3 is 2.74 bits per heavy atom. The molecule has 0 saturated carbocycles. The quantitative estimate of drug-likeness (QED) is 0.604. The fourth-order valence-corrected chi connectivity index (χ4v) is 2.71. The highest BCUT2D eigenvalue weighted by Gasteiger charge is 2.12. The number of hydrogen-bond acceptors (Lipinski definition) is 6. The lowest BCUT2D eigenvalue weighted by Crippen LogP contribution is -2.11. The Morgan fingerprint density at radius 2 is 1.87 bits per heavy atom. The number of amides is 1. The zero-order valence-electron chi connectivity index (χ0n) is 11.7.